The molecule has 1 atom stereocenters. The number of aromatic nitrogens is 1. The van der Waals surface area contributed by atoms with Crippen molar-refractivity contribution in [1.29, 1.82) is 0 Å². The zero-order valence-electron chi connectivity index (χ0n) is 14.8. The molecule has 3 amide bonds. The van der Waals surface area contributed by atoms with Crippen LogP contribution in [0, 0.1) is 0 Å². The summed E-state index contributed by atoms with van der Waals surface area (Å²) in [7, 11) is 0. The molecule has 1 aromatic carbocycles. The molecule has 0 saturated carbocycles. The van der Waals surface area contributed by atoms with Gasteiger partial charge in [-0.1, -0.05) is 29.8 Å². The smallest absolute Gasteiger partial charge is 0.319 e. The van der Waals surface area contributed by atoms with E-state index in [9.17, 15) is 9.59 Å². The number of nitrogens with one attached hydrogen (secondary N) is 2. The van der Waals surface area contributed by atoms with Crippen LogP contribution >= 0.6 is 11.6 Å². The largest absolute Gasteiger partial charge is 0.366 e. The first-order valence-electron chi connectivity index (χ1n) is 8.86. The van der Waals surface area contributed by atoms with Crippen LogP contribution in [0.2, 0.25) is 5.02 Å². The molecule has 8 heteroatoms. The summed E-state index contributed by atoms with van der Waals surface area (Å²) in [6.07, 6.45) is 4.44. The Morgan fingerprint density at radius 3 is 2.74 bits per heavy atom. The van der Waals surface area contributed by atoms with E-state index in [0.29, 0.717) is 17.4 Å². The number of carbonyl (C=O) groups excluding carboxylic acids is 2. The van der Waals surface area contributed by atoms with Gasteiger partial charge in [-0.15, -0.1) is 0 Å². The Morgan fingerprint density at radius 1 is 1.26 bits per heavy atom. The predicted octanol–water partition coefficient (Wildman–Crippen LogP) is 3.01. The molecule has 2 aromatic rings. The van der Waals surface area contributed by atoms with Gasteiger partial charge in [-0.25, -0.2) is 9.78 Å². The average Bonchev–Trinajstić information content (AvgIpc) is 2.67. The number of anilines is 2. The summed E-state index contributed by atoms with van der Waals surface area (Å²) < 4.78 is 0. The summed E-state index contributed by atoms with van der Waals surface area (Å²) >= 11 is 6.33. The minimum absolute atomic E-state index is 0.0738. The Hall–Kier alpha value is -2.80. The molecule has 4 N–H and O–H groups in total. The highest BCUT2D eigenvalue weighted by molar-refractivity contribution is 6.33. The molecule has 1 aromatic heterocycles. The van der Waals surface area contributed by atoms with Gasteiger partial charge < -0.3 is 21.3 Å². The number of benzene rings is 1. The van der Waals surface area contributed by atoms with Crippen molar-refractivity contribution in [3.8, 4) is 0 Å². The maximum atomic E-state index is 12.2. The van der Waals surface area contributed by atoms with E-state index in [4.69, 9.17) is 17.3 Å². The third-order valence-corrected chi connectivity index (χ3v) is 4.81. The van der Waals surface area contributed by atoms with Gasteiger partial charge in [0.25, 0.3) is 0 Å². The number of urea groups is 1. The third kappa shape index (κ3) is 4.89. The number of nitrogens with zero attached hydrogens (tertiary/aromatic N) is 2. The fourth-order valence-corrected chi connectivity index (χ4v) is 3.45. The van der Waals surface area contributed by atoms with Crippen LogP contribution in [0.4, 0.5) is 16.3 Å². The van der Waals surface area contributed by atoms with Crippen LogP contribution in [0.3, 0.4) is 0 Å². The van der Waals surface area contributed by atoms with Crippen LogP contribution in [-0.2, 0) is 0 Å². The summed E-state index contributed by atoms with van der Waals surface area (Å²) in [5.41, 5.74) is 6.29. The Bertz CT molecular complexity index is 815. The topological polar surface area (TPSA) is 100 Å². The van der Waals surface area contributed by atoms with Gasteiger partial charge in [-0.3, -0.25) is 4.79 Å². The van der Waals surface area contributed by atoms with Crippen molar-refractivity contribution >= 4 is 35.0 Å². The summed E-state index contributed by atoms with van der Waals surface area (Å²) in [5.74, 6) is 0.0435. The quantitative estimate of drug-likeness (QED) is 0.734. The highest BCUT2D eigenvalue weighted by Gasteiger charge is 2.26. The molecule has 3 rings (SSSR count). The summed E-state index contributed by atoms with van der Waals surface area (Å²) in [6, 6.07) is 10.6. The lowest BCUT2D eigenvalue weighted by Gasteiger charge is -2.37. The number of piperidine rings is 1. The minimum Gasteiger partial charge on any atom is -0.366 e. The second kappa shape index (κ2) is 8.73. The highest BCUT2D eigenvalue weighted by atomic mass is 35.5. The Kier molecular flexibility index (Phi) is 6.13. The number of pyridine rings is 1. The van der Waals surface area contributed by atoms with Crippen LogP contribution in [-0.4, -0.2) is 36.1 Å². The zero-order valence-corrected chi connectivity index (χ0v) is 15.6. The predicted molar refractivity (Wildman–Crippen MR) is 106 cm³/mol. The number of halogens is 1. The Labute approximate surface area is 162 Å². The summed E-state index contributed by atoms with van der Waals surface area (Å²) in [4.78, 5) is 29.9. The van der Waals surface area contributed by atoms with E-state index in [0.717, 1.165) is 31.5 Å². The molecule has 1 aliphatic rings. The standard InChI is InChI=1S/C19H22ClN5O2/c20-16-10-13(17(21)26)11-22-18(16)25-9-5-4-8-15(25)12-23-19(27)24-14-6-2-1-3-7-14/h1-3,6-7,10-11,15H,4-5,8-9,12H2,(H2,21,26)(H2,23,24,27). The molecule has 0 aliphatic carbocycles. The second-order valence-electron chi connectivity index (χ2n) is 6.44. The van der Waals surface area contributed by atoms with Crippen molar-refractivity contribution in [3.05, 3.63) is 53.2 Å². The molecular weight excluding hydrogens is 366 g/mol. The average molecular weight is 388 g/mol. The number of carbonyl (C=O) groups is 2. The van der Waals surface area contributed by atoms with Gasteiger partial charge in [0.1, 0.15) is 5.82 Å². The molecule has 2 heterocycles. The number of nitrogens with two attached hydrogens (primary N) is 1. The number of primary amides is 1. The fraction of sp³-hybridized carbons (Fsp3) is 0.316. The number of hydrogen-bond donors (Lipinski definition) is 3. The van der Waals surface area contributed by atoms with Crippen molar-refractivity contribution in [2.75, 3.05) is 23.3 Å². The van der Waals surface area contributed by atoms with Gasteiger partial charge >= 0.3 is 6.03 Å². The first kappa shape index (κ1) is 19.0. The van der Waals surface area contributed by atoms with Crippen molar-refractivity contribution < 1.29 is 9.59 Å². The molecule has 7 nitrogen and oxygen atoms in total. The van der Waals surface area contributed by atoms with Crippen molar-refractivity contribution in [2.24, 2.45) is 5.73 Å². The van der Waals surface area contributed by atoms with Gasteiger partial charge in [0, 0.05) is 31.0 Å². The van der Waals surface area contributed by atoms with Gasteiger partial charge in [0.05, 0.1) is 10.6 Å². The molecule has 1 fully saturated rings. The summed E-state index contributed by atoms with van der Waals surface area (Å²) in [6.45, 7) is 1.25. The van der Waals surface area contributed by atoms with Crippen LogP contribution in [0.25, 0.3) is 0 Å². The van der Waals surface area contributed by atoms with E-state index in [-0.39, 0.29) is 17.6 Å². The number of hydrogen-bond acceptors (Lipinski definition) is 4. The van der Waals surface area contributed by atoms with Gasteiger partial charge in [0.2, 0.25) is 5.91 Å². The van der Waals surface area contributed by atoms with Crippen molar-refractivity contribution in [2.45, 2.75) is 25.3 Å². The monoisotopic (exact) mass is 387 g/mol. The molecule has 0 radical (unpaired) electrons. The maximum absolute atomic E-state index is 12.2. The number of amides is 3. The lowest BCUT2D eigenvalue weighted by molar-refractivity contribution is 0.1000. The normalized spacial score (nSPS) is 16.6. The first-order chi connectivity index (χ1) is 13.0. The molecule has 27 heavy (non-hydrogen) atoms. The molecule has 0 bridgehead atoms. The molecule has 1 aliphatic heterocycles. The minimum atomic E-state index is -0.564. The summed E-state index contributed by atoms with van der Waals surface area (Å²) in [5, 5.41) is 6.10. The maximum Gasteiger partial charge on any atom is 0.319 e. The van der Waals surface area contributed by atoms with E-state index >= 15 is 0 Å². The molecule has 0 spiro atoms. The molecule has 142 valence electrons. The van der Waals surface area contributed by atoms with E-state index in [1.807, 2.05) is 30.3 Å². The van der Waals surface area contributed by atoms with E-state index in [1.165, 1.54) is 12.3 Å². The molecular formula is C19H22ClN5O2. The lowest BCUT2D eigenvalue weighted by atomic mass is 10.0. The van der Waals surface area contributed by atoms with Gasteiger partial charge in [0.15, 0.2) is 0 Å². The first-order valence-corrected chi connectivity index (χ1v) is 9.24. The van der Waals surface area contributed by atoms with Gasteiger partial charge in [-0.05, 0) is 37.5 Å². The molecule has 1 saturated heterocycles. The molecule has 1 unspecified atom stereocenters. The van der Waals surface area contributed by atoms with E-state index < -0.39 is 5.91 Å². The van der Waals surface area contributed by atoms with Crippen LogP contribution in [0.5, 0.6) is 0 Å². The Balaban J connectivity index is 1.65. The Morgan fingerprint density at radius 2 is 2.04 bits per heavy atom. The van der Waals surface area contributed by atoms with E-state index in [2.05, 4.69) is 20.5 Å². The van der Waals surface area contributed by atoms with Crippen LogP contribution < -0.4 is 21.3 Å². The third-order valence-electron chi connectivity index (χ3n) is 4.54. The van der Waals surface area contributed by atoms with Gasteiger partial charge in [-0.2, -0.15) is 0 Å². The highest BCUT2D eigenvalue weighted by Crippen LogP contribution is 2.29. The lowest BCUT2D eigenvalue weighted by Crippen LogP contribution is -2.48. The van der Waals surface area contributed by atoms with Crippen LogP contribution in [0.15, 0.2) is 42.6 Å². The second-order valence-corrected chi connectivity index (χ2v) is 6.84. The van der Waals surface area contributed by atoms with Crippen molar-refractivity contribution in [1.82, 2.24) is 10.3 Å². The fourth-order valence-electron chi connectivity index (χ4n) is 3.18. The van der Waals surface area contributed by atoms with Crippen LogP contribution in [0.1, 0.15) is 29.6 Å². The zero-order chi connectivity index (χ0) is 19.2. The van der Waals surface area contributed by atoms with E-state index in [1.54, 1.807) is 0 Å². The van der Waals surface area contributed by atoms with Crippen molar-refractivity contribution in [3.63, 3.8) is 0 Å². The SMILES string of the molecule is NC(=O)c1cnc(N2CCCCC2CNC(=O)Nc2ccccc2)c(Cl)c1. The number of para-hydroxylation sites is 1. The number of rotatable bonds is 5.